The molecule has 2 aromatic rings. The predicted octanol–water partition coefficient (Wildman–Crippen LogP) is 0.549. The molecule has 94 valence electrons. The molecule has 0 aliphatic carbocycles. The molecule has 0 radical (unpaired) electrons. The number of aromatic nitrogens is 3. The minimum absolute atomic E-state index is 0.977. The summed E-state index contributed by atoms with van der Waals surface area (Å²) >= 11 is 1.62. The van der Waals surface area contributed by atoms with Crippen LogP contribution in [0, 0.1) is 20.8 Å². The van der Waals surface area contributed by atoms with Gasteiger partial charge >= 0.3 is 15.4 Å². The molecule has 2 aromatic heterocycles. The Morgan fingerprint density at radius 2 is 1.82 bits per heavy atom. The lowest BCUT2D eigenvalue weighted by molar-refractivity contribution is -0.585. The van der Waals surface area contributed by atoms with E-state index in [9.17, 15) is 0 Å². The second-order valence-corrected chi connectivity index (χ2v) is 5.36. The van der Waals surface area contributed by atoms with Crippen molar-refractivity contribution in [3.63, 3.8) is 0 Å². The fourth-order valence-electron chi connectivity index (χ4n) is 1.23. The topological polar surface area (TPSA) is 104 Å². The van der Waals surface area contributed by atoms with Crippen molar-refractivity contribution in [3.05, 3.63) is 22.5 Å². The number of hydrogen-bond donors (Lipinski definition) is 2. The van der Waals surface area contributed by atoms with E-state index < -0.39 is 10.4 Å². The average Bonchev–Trinajstić information content (AvgIpc) is 2.42. The SMILES string of the molecule is Cc1cc(C)[n+]2nc(C)sc2n1.O=S(=O)(O)O. The van der Waals surface area contributed by atoms with Crippen LogP contribution in [0.1, 0.15) is 16.4 Å². The Kier molecular flexibility index (Phi) is 4.09. The van der Waals surface area contributed by atoms with Crippen LogP contribution < -0.4 is 4.52 Å². The molecular formula is C8H12N3O4S2+. The van der Waals surface area contributed by atoms with Gasteiger partial charge in [0.05, 0.1) is 0 Å². The summed E-state index contributed by atoms with van der Waals surface area (Å²) in [5.74, 6) is 0. The first-order valence-corrected chi connectivity index (χ1v) is 6.72. The van der Waals surface area contributed by atoms with E-state index in [2.05, 4.69) is 10.1 Å². The maximum Gasteiger partial charge on any atom is 0.409 e. The van der Waals surface area contributed by atoms with E-state index in [0.717, 1.165) is 21.4 Å². The van der Waals surface area contributed by atoms with Crippen LogP contribution >= 0.6 is 11.3 Å². The molecular weight excluding hydrogens is 266 g/mol. The maximum absolute atomic E-state index is 8.74. The monoisotopic (exact) mass is 278 g/mol. The highest BCUT2D eigenvalue weighted by Crippen LogP contribution is 2.07. The minimum atomic E-state index is -4.67. The first kappa shape index (κ1) is 13.9. The quantitative estimate of drug-likeness (QED) is 0.538. The van der Waals surface area contributed by atoms with E-state index in [0.29, 0.717) is 0 Å². The average molecular weight is 278 g/mol. The van der Waals surface area contributed by atoms with Crippen molar-refractivity contribution in [2.75, 3.05) is 0 Å². The molecule has 0 saturated heterocycles. The molecule has 0 bridgehead atoms. The van der Waals surface area contributed by atoms with E-state index in [4.69, 9.17) is 17.5 Å². The van der Waals surface area contributed by atoms with Crippen LogP contribution in [0.25, 0.3) is 4.96 Å². The van der Waals surface area contributed by atoms with Crippen molar-refractivity contribution >= 4 is 26.7 Å². The molecule has 0 saturated carbocycles. The highest BCUT2D eigenvalue weighted by Gasteiger charge is 2.13. The third kappa shape index (κ3) is 4.69. The Balaban J connectivity index is 0.000000249. The molecule has 0 aliphatic rings. The van der Waals surface area contributed by atoms with Crippen LogP contribution in [0.3, 0.4) is 0 Å². The second kappa shape index (κ2) is 5.00. The van der Waals surface area contributed by atoms with Crippen LogP contribution in [0.15, 0.2) is 6.07 Å². The third-order valence-corrected chi connectivity index (χ3v) is 2.51. The van der Waals surface area contributed by atoms with Gasteiger partial charge in [0, 0.05) is 19.9 Å². The summed E-state index contributed by atoms with van der Waals surface area (Å²) in [5, 5.41) is 5.38. The molecule has 0 atom stereocenters. The fraction of sp³-hybridized carbons (Fsp3) is 0.375. The summed E-state index contributed by atoms with van der Waals surface area (Å²) < 4.78 is 33.5. The zero-order chi connectivity index (χ0) is 13.2. The van der Waals surface area contributed by atoms with Gasteiger partial charge in [-0.25, -0.2) is 0 Å². The zero-order valence-electron chi connectivity index (χ0n) is 9.45. The second-order valence-electron chi connectivity index (χ2n) is 3.30. The van der Waals surface area contributed by atoms with Gasteiger partial charge in [-0.2, -0.15) is 8.42 Å². The molecule has 2 heterocycles. The smallest absolute Gasteiger partial charge is 0.264 e. The lowest BCUT2D eigenvalue weighted by Crippen LogP contribution is -2.28. The van der Waals surface area contributed by atoms with E-state index in [1.165, 1.54) is 0 Å². The van der Waals surface area contributed by atoms with Crippen molar-refractivity contribution in [3.8, 4) is 0 Å². The summed E-state index contributed by atoms with van der Waals surface area (Å²) in [5.41, 5.74) is 2.19. The number of fused-ring (bicyclic) bond motifs is 1. The summed E-state index contributed by atoms with van der Waals surface area (Å²) in [6, 6.07) is 2.03. The Hall–Kier alpha value is -1.16. The number of aryl methyl sites for hydroxylation is 3. The summed E-state index contributed by atoms with van der Waals surface area (Å²) in [6.07, 6.45) is 0. The third-order valence-electron chi connectivity index (χ3n) is 1.68. The summed E-state index contributed by atoms with van der Waals surface area (Å²) in [7, 11) is -4.67. The Morgan fingerprint density at radius 3 is 2.35 bits per heavy atom. The standard InChI is InChI=1S/C8H10N3S.H2O4S/c1-5-4-6(2)11-8(9-5)12-7(3)10-11;1-5(2,3)4/h4H,1-3H3;(H2,1,2,3,4)/q+1;. The van der Waals surface area contributed by atoms with E-state index >= 15 is 0 Å². The predicted molar refractivity (Wildman–Crippen MR) is 61.5 cm³/mol. The Bertz CT molecular complexity index is 628. The first-order chi connectivity index (χ1) is 7.66. The molecule has 0 fully saturated rings. The fourth-order valence-corrected chi connectivity index (χ4v) is 2.07. The number of rotatable bonds is 0. The molecule has 0 amide bonds. The van der Waals surface area contributed by atoms with Gasteiger partial charge in [0.15, 0.2) is 5.69 Å². The van der Waals surface area contributed by atoms with Crippen LogP contribution in [0.4, 0.5) is 0 Å². The normalized spacial score (nSPS) is 11.1. The molecule has 0 aromatic carbocycles. The largest absolute Gasteiger partial charge is 0.409 e. The van der Waals surface area contributed by atoms with Crippen molar-refractivity contribution in [2.45, 2.75) is 20.8 Å². The van der Waals surface area contributed by atoms with Crippen molar-refractivity contribution in [1.29, 1.82) is 0 Å². The minimum Gasteiger partial charge on any atom is -0.264 e. The highest BCUT2D eigenvalue weighted by atomic mass is 32.3. The van der Waals surface area contributed by atoms with Gasteiger partial charge in [0.1, 0.15) is 10.7 Å². The van der Waals surface area contributed by atoms with Gasteiger partial charge in [-0.3, -0.25) is 9.11 Å². The van der Waals surface area contributed by atoms with Gasteiger partial charge in [0.2, 0.25) is 0 Å². The van der Waals surface area contributed by atoms with Crippen LogP contribution in [-0.2, 0) is 10.4 Å². The number of hydrogen-bond acceptors (Lipinski definition) is 5. The van der Waals surface area contributed by atoms with Gasteiger partial charge in [-0.1, -0.05) is 9.61 Å². The van der Waals surface area contributed by atoms with Crippen molar-refractivity contribution in [1.82, 2.24) is 10.1 Å². The van der Waals surface area contributed by atoms with Crippen molar-refractivity contribution in [2.24, 2.45) is 0 Å². The van der Waals surface area contributed by atoms with Crippen LogP contribution in [-0.4, -0.2) is 27.6 Å². The number of nitrogens with zero attached hydrogens (tertiary/aromatic N) is 3. The van der Waals surface area contributed by atoms with Gasteiger partial charge in [-0.15, -0.1) is 0 Å². The van der Waals surface area contributed by atoms with Crippen LogP contribution in [0.2, 0.25) is 0 Å². The van der Waals surface area contributed by atoms with E-state index in [1.807, 2.05) is 31.4 Å². The molecule has 0 aliphatic heterocycles. The maximum atomic E-state index is 8.74. The van der Waals surface area contributed by atoms with Crippen molar-refractivity contribution < 1.29 is 22.0 Å². The van der Waals surface area contributed by atoms with Gasteiger partial charge < -0.3 is 0 Å². The van der Waals surface area contributed by atoms with Gasteiger partial charge in [0.25, 0.3) is 0 Å². The highest BCUT2D eigenvalue weighted by molar-refractivity contribution is 7.79. The van der Waals surface area contributed by atoms with Crippen LogP contribution in [0.5, 0.6) is 0 Å². The van der Waals surface area contributed by atoms with E-state index in [-0.39, 0.29) is 0 Å². The molecule has 9 heteroatoms. The summed E-state index contributed by atoms with van der Waals surface area (Å²) in [4.78, 5) is 5.35. The van der Waals surface area contributed by atoms with E-state index in [1.54, 1.807) is 11.3 Å². The lowest BCUT2D eigenvalue weighted by atomic mass is 10.4. The summed E-state index contributed by atoms with van der Waals surface area (Å²) in [6.45, 7) is 6.04. The molecule has 17 heavy (non-hydrogen) atoms. The molecule has 2 N–H and O–H groups in total. The molecule has 2 rings (SSSR count). The molecule has 7 nitrogen and oxygen atoms in total. The van der Waals surface area contributed by atoms with Gasteiger partial charge in [-0.05, 0) is 23.2 Å². The molecule has 0 unspecified atom stereocenters. The first-order valence-electron chi connectivity index (χ1n) is 4.50. The Labute approximate surface area is 102 Å². The zero-order valence-corrected chi connectivity index (χ0v) is 11.1. The lowest BCUT2D eigenvalue weighted by Gasteiger charge is -1.86. The molecule has 0 spiro atoms. The Morgan fingerprint density at radius 1 is 1.29 bits per heavy atom.